The van der Waals surface area contributed by atoms with Gasteiger partial charge in [-0.1, -0.05) is 72.8 Å². The van der Waals surface area contributed by atoms with Gasteiger partial charge in [-0.3, -0.25) is 9.59 Å². The molecule has 0 heterocycles. The van der Waals surface area contributed by atoms with Gasteiger partial charge in [0.1, 0.15) is 0 Å². The molecular weight excluding hydrogens is 364 g/mol. The van der Waals surface area contributed by atoms with Gasteiger partial charge in [0.15, 0.2) is 5.78 Å². The summed E-state index contributed by atoms with van der Waals surface area (Å²) in [4.78, 5) is 28.9. The zero-order valence-corrected chi connectivity index (χ0v) is 16.4. The molecule has 3 aromatic carbocycles. The van der Waals surface area contributed by atoms with Gasteiger partial charge in [0.05, 0.1) is 4.86 Å². The van der Waals surface area contributed by atoms with Crippen LogP contribution in [0.25, 0.3) is 0 Å². The first-order valence-electron chi connectivity index (χ1n) is 9.17. The van der Waals surface area contributed by atoms with Crippen molar-refractivity contribution in [3.8, 4) is 0 Å². The summed E-state index contributed by atoms with van der Waals surface area (Å²) in [5.74, 6) is -0.324. The van der Waals surface area contributed by atoms with Gasteiger partial charge in [-0.15, -0.1) is 17.1 Å². The van der Waals surface area contributed by atoms with E-state index in [1.165, 1.54) is 0 Å². The van der Waals surface area contributed by atoms with Crippen LogP contribution in [0.15, 0.2) is 113 Å². The predicted molar refractivity (Wildman–Crippen MR) is 117 cm³/mol. The lowest BCUT2D eigenvalue weighted by atomic mass is 10.0. The van der Waals surface area contributed by atoms with E-state index in [1.54, 1.807) is 18.2 Å². The molecule has 0 N–H and O–H groups in total. The average Bonchev–Trinajstić information content (AvgIpc) is 2.77. The fraction of sp³-hybridized carbons (Fsp3) is 0.0800. The topological polar surface area (TPSA) is 34.1 Å². The molecule has 0 bridgehead atoms. The van der Waals surface area contributed by atoms with E-state index < -0.39 is 10.5 Å². The van der Waals surface area contributed by atoms with Gasteiger partial charge >= 0.3 is 0 Å². The van der Waals surface area contributed by atoms with Crippen LogP contribution in [0, 0.1) is 0 Å². The number of benzene rings is 3. The Morgan fingerprint density at radius 3 is 1.68 bits per heavy atom. The maximum absolute atomic E-state index is 13.5. The molecule has 3 heteroatoms. The molecule has 0 unspecified atom stereocenters. The van der Waals surface area contributed by atoms with Crippen molar-refractivity contribution in [1.82, 2.24) is 0 Å². The van der Waals surface area contributed by atoms with Gasteiger partial charge in [-0.2, -0.15) is 0 Å². The summed E-state index contributed by atoms with van der Waals surface area (Å²) >= 11 is 0. The molecule has 0 radical (unpaired) electrons. The van der Waals surface area contributed by atoms with Crippen LogP contribution >= 0.6 is 10.5 Å². The number of hydrogen-bond donors (Lipinski definition) is 0. The zero-order chi connectivity index (χ0) is 19.8. The number of hydrogen-bond acceptors (Lipinski definition) is 2. The Morgan fingerprint density at radius 2 is 1.21 bits per heavy atom. The zero-order valence-electron chi connectivity index (χ0n) is 15.6. The largest absolute Gasteiger partial charge is 0.293 e. The van der Waals surface area contributed by atoms with Gasteiger partial charge in [0.2, 0.25) is 5.78 Å². The molecule has 0 aromatic heterocycles. The summed E-state index contributed by atoms with van der Waals surface area (Å²) in [6.07, 6.45) is 2.54. The first kappa shape index (κ1) is 19.7. The van der Waals surface area contributed by atoms with Crippen LogP contribution in [-0.2, 0) is 4.79 Å². The van der Waals surface area contributed by atoms with Gasteiger partial charge in [0.25, 0.3) is 0 Å². The number of rotatable bonds is 8. The average molecular weight is 387 g/mol. The second-order valence-electron chi connectivity index (χ2n) is 6.21. The normalized spacial score (nSPS) is 10.5. The first-order valence-corrected chi connectivity index (χ1v) is 10.4. The summed E-state index contributed by atoms with van der Waals surface area (Å²) in [6.45, 7) is 3.71. The van der Waals surface area contributed by atoms with Crippen molar-refractivity contribution >= 4 is 26.9 Å². The molecule has 28 heavy (non-hydrogen) atoms. The van der Waals surface area contributed by atoms with Gasteiger partial charge < -0.3 is 0 Å². The van der Waals surface area contributed by atoms with Crippen molar-refractivity contribution in [2.45, 2.75) is 22.6 Å². The smallest absolute Gasteiger partial charge is 0.202 e. The molecular formula is C25H22O2S. The molecule has 0 spiro atoms. The van der Waals surface area contributed by atoms with E-state index in [4.69, 9.17) is 0 Å². The molecule has 0 amide bonds. The van der Waals surface area contributed by atoms with Crippen molar-refractivity contribution in [1.29, 1.82) is 0 Å². The Kier molecular flexibility index (Phi) is 6.88. The molecule has 3 aromatic rings. The maximum Gasteiger partial charge on any atom is 0.202 e. The molecule has 0 aliphatic heterocycles. The number of carbonyl (C=O) groups excluding carboxylic acids is 2. The van der Waals surface area contributed by atoms with Crippen LogP contribution in [0.1, 0.15) is 23.2 Å². The minimum absolute atomic E-state index is 0.121. The Labute approximate surface area is 168 Å². The standard InChI is InChI=1S/C25H22O2S/c1-2-3-19-23(26)25(24(27)20-13-7-4-8-14-20)28(21-15-9-5-10-16-21)22-17-11-6-12-18-22/h2,4-18H,1,3,19H2. The van der Waals surface area contributed by atoms with E-state index in [0.717, 1.165) is 9.79 Å². The van der Waals surface area contributed by atoms with Gasteiger partial charge in [-0.25, -0.2) is 0 Å². The Balaban J connectivity index is 2.27. The summed E-state index contributed by atoms with van der Waals surface area (Å²) in [7, 11) is -0.770. The number of ketones is 2. The van der Waals surface area contributed by atoms with Crippen molar-refractivity contribution in [2.75, 3.05) is 0 Å². The summed E-state index contributed by atoms with van der Waals surface area (Å²) in [5, 5.41) is 0. The van der Waals surface area contributed by atoms with Crippen LogP contribution in [0.4, 0.5) is 0 Å². The van der Waals surface area contributed by atoms with Crippen LogP contribution in [-0.4, -0.2) is 16.4 Å². The summed E-state index contributed by atoms with van der Waals surface area (Å²) in [6, 6.07) is 28.6. The lowest BCUT2D eigenvalue weighted by Crippen LogP contribution is -2.24. The van der Waals surface area contributed by atoms with E-state index in [0.29, 0.717) is 16.8 Å². The van der Waals surface area contributed by atoms with Gasteiger partial charge in [0, 0.05) is 21.8 Å². The highest BCUT2D eigenvalue weighted by atomic mass is 32.2. The SMILES string of the molecule is C=CCCC(=O)C(C(=O)c1ccccc1)=S(c1ccccc1)c1ccccc1. The molecule has 0 aliphatic carbocycles. The molecule has 2 nitrogen and oxygen atoms in total. The predicted octanol–water partition coefficient (Wildman–Crippen LogP) is 5.96. The number of allylic oxidation sites excluding steroid dienone is 1. The van der Waals surface area contributed by atoms with E-state index in [1.807, 2.05) is 78.9 Å². The molecule has 140 valence electrons. The third-order valence-corrected chi connectivity index (χ3v) is 6.54. The van der Waals surface area contributed by atoms with Crippen molar-refractivity contribution in [3.63, 3.8) is 0 Å². The molecule has 0 aliphatic rings. The summed E-state index contributed by atoms with van der Waals surface area (Å²) in [5.41, 5.74) is 0.536. The van der Waals surface area contributed by atoms with Crippen LogP contribution in [0.5, 0.6) is 0 Å². The monoisotopic (exact) mass is 386 g/mol. The Bertz CT molecular complexity index is 949. The lowest BCUT2D eigenvalue weighted by molar-refractivity contribution is -0.112. The molecule has 0 fully saturated rings. The van der Waals surface area contributed by atoms with Crippen molar-refractivity contribution in [2.24, 2.45) is 0 Å². The number of carbonyl (C=O) groups is 2. The van der Waals surface area contributed by atoms with E-state index in [-0.39, 0.29) is 18.0 Å². The third kappa shape index (κ3) is 4.62. The fourth-order valence-electron chi connectivity index (χ4n) is 2.89. The highest BCUT2D eigenvalue weighted by Crippen LogP contribution is 2.38. The second kappa shape index (κ2) is 9.77. The van der Waals surface area contributed by atoms with E-state index in [2.05, 4.69) is 6.58 Å². The van der Waals surface area contributed by atoms with Crippen LogP contribution < -0.4 is 0 Å². The second-order valence-corrected chi connectivity index (χ2v) is 8.17. The molecule has 0 saturated carbocycles. The van der Waals surface area contributed by atoms with Crippen LogP contribution in [0.2, 0.25) is 0 Å². The first-order chi connectivity index (χ1) is 13.7. The van der Waals surface area contributed by atoms with E-state index >= 15 is 0 Å². The van der Waals surface area contributed by atoms with E-state index in [9.17, 15) is 9.59 Å². The minimum Gasteiger partial charge on any atom is -0.293 e. The quantitative estimate of drug-likeness (QED) is 0.207. The molecule has 0 saturated heterocycles. The number of Topliss-reactive ketones (excluding diaryl/α,β-unsaturated/α-hetero) is 2. The third-order valence-electron chi connectivity index (χ3n) is 4.23. The fourth-order valence-corrected chi connectivity index (χ4v) is 5.12. The highest BCUT2D eigenvalue weighted by Gasteiger charge is 2.25. The van der Waals surface area contributed by atoms with Crippen LogP contribution in [0.3, 0.4) is 0 Å². The minimum atomic E-state index is -0.770. The van der Waals surface area contributed by atoms with Crippen molar-refractivity contribution in [3.05, 3.63) is 109 Å². The van der Waals surface area contributed by atoms with Crippen molar-refractivity contribution < 1.29 is 9.59 Å². The van der Waals surface area contributed by atoms with Gasteiger partial charge in [-0.05, 0) is 30.7 Å². The summed E-state index contributed by atoms with van der Waals surface area (Å²) < 4.78 is 0. The lowest BCUT2D eigenvalue weighted by Gasteiger charge is -2.16. The highest BCUT2D eigenvalue weighted by molar-refractivity contribution is 8.18. The molecule has 3 rings (SSSR count). The molecule has 0 atom stereocenters. The maximum atomic E-state index is 13.5. The Morgan fingerprint density at radius 1 is 0.750 bits per heavy atom. The Hall–Kier alpha value is -3.04.